The van der Waals surface area contributed by atoms with Gasteiger partial charge in [-0.3, -0.25) is 38.4 Å². The second-order valence-electron chi connectivity index (χ2n) is 19.2. The highest BCUT2D eigenvalue weighted by Gasteiger charge is 2.46. The zero-order valence-electron chi connectivity index (χ0n) is 39.5. The van der Waals surface area contributed by atoms with Crippen molar-refractivity contribution >= 4 is 58.6 Å². The van der Waals surface area contributed by atoms with E-state index in [9.17, 15) is 43.5 Å². The van der Waals surface area contributed by atoms with Crippen molar-refractivity contribution in [1.29, 1.82) is 0 Å². The van der Waals surface area contributed by atoms with Gasteiger partial charge < -0.3 is 52.5 Å². The molecule has 0 bridgehead atoms. The lowest BCUT2D eigenvalue weighted by Crippen LogP contribution is -2.60. The number of aliphatic hydroxyl groups excluding tert-OH is 1. The van der Waals surface area contributed by atoms with Gasteiger partial charge in [0.1, 0.15) is 30.2 Å². The van der Waals surface area contributed by atoms with Gasteiger partial charge in [-0.25, -0.2) is 4.98 Å². The predicted molar refractivity (Wildman–Crippen MR) is 251 cm³/mol. The first-order chi connectivity index (χ1) is 31.7. The van der Waals surface area contributed by atoms with Crippen LogP contribution in [0.15, 0.2) is 29.8 Å². The van der Waals surface area contributed by atoms with Crippen LogP contribution in [0.1, 0.15) is 116 Å². The summed E-state index contributed by atoms with van der Waals surface area (Å²) in [6.07, 6.45) is 4.05. The number of nitrogens with two attached hydrogens (primary N) is 2. The Morgan fingerprint density at radius 3 is 2.25 bits per heavy atom. The molecule has 19 nitrogen and oxygen atoms in total. The van der Waals surface area contributed by atoms with Crippen LogP contribution in [0.5, 0.6) is 0 Å². The van der Waals surface area contributed by atoms with Crippen molar-refractivity contribution in [3.05, 3.63) is 41.0 Å². The van der Waals surface area contributed by atoms with Crippen LogP contribution in [0.4, 0.5) is 0 Å². The number of fused-ring (bicyclic) bond motifs is 1. The monoisotopic (exact) mass is 951 g/mol. The molecular formula is C47H70N10O9S. The molecule has 3 fully saturated rings. The molecule has 1 aromatic heterocycles. The van der Waals surface area contributed by atoms with Crippen LogP contribution in [0.3, 0.4) is 0 Å². The number of aliphatic hydroxyl groups is 1. The van der Waals surface area contributed by atoms with Crippen LogP contribution >= 0.6 is 11.3 Å². The maximum atomic E-state index is 14.0. The number of β-amino-alcohol motifs (C(OH)–C–C–N with tert-alkyl or cyclic N) is 1. The summed E-state index contributed by atoms with van der Waals surface area (Å²) in [5, 5.41) is 22.0. The third-order valence-corrected chi connectivity index (χ3v) is 13.9. The third-order valence-electron chi connectivity index (χ3n) is 12.9. The van der Waals surface area contributed by atoms with Crippen molar-refractivity contribution in [1.82, 2.24) is 41.0 Å². The topological polar surface area (TPSA) is 280 Å². The Kier molecular flexibility index (Phi) is 18.8. The third kappa shape index (κ3) is 14.5. The molecule has 368 valence electrons. The van der Waals surface area contributed by atoms with Gasteiger partial charge in [-0.15, -0.1) is 11.3 Å². The molecule has 4 heterocycles. The van der Waals surface area contributed by atoms with Crippen molar-refractivity contribution in [2.24, 2.45) is 16.9 Å². The van der Waals surface area contributed by atoms with Gasteiger partial charge in [0.05, 0.1) is 22.2 Å². The fraction of sp³-hybridized carbons (Fsp3) is 0.638. The Balaban J connectivity index is 1.03. The fourth-order valence-electron chi connectivity index (χ4n) is 9.06. The number of primary amides is 1. The number of aromatic nitrogens is 1. The summed E-state index contributed by atoms with van der Waals surface area (Å²) in [4.78, 5) is 114. The normalized spacial score (nSPS) is 21.7. The molecule has 1 aromatic carbocycles. The van der Waals surface area contributed by atoms with Crippen LogP contribution in [-0.4, -0.2) is 141 Å². The van der Waals surface area contributed by atoms with Crippen molar-refractivity contribution in [3.63, 3.8) is 0 Å². The summed E-state index contributed by atoms with van der Waals surface area (Å²) in [6, 6.07) is 2.84. The van der Waals surface area contributed by atoms with E-state index < -0.39 is 71.3 Å². The lowest BCUT2D eigenvalue weighted by Gasteiger charge is -2.37. The number of hydrogen-bond donors (Lipinski definition) is 7. The molecule has 3 aliphatic heterocycles. The molecule has 0 radical (unpaired) electrons. The molecular weight excluding hydrogens is 881 g/mol. The first-order valence-corrected chi connectivity index (χ1v) is 24.4. The van der Waals surface area contributed by atoms with E-state index in [0.29, 0.717) is 45.2 Å². The number of amides is 8. The summed E-state index contributed by atoms with van der Waals surface area (Å²) in [5.41, 5.74) is 15.5. The molecule has 20 heteroatoms. The molecule has 0 saturated carbocycles. The van der Waals surface area contributed by atoms with Gasteiger partial charge in [0.25, 0.3) is 0 Å². The Morgan fingerprint density at radius 1 is 0.896 bits per heavy atom. The van der Waals surface area contributed by atoms with Gasteiger partial charge in [0, 0.05) is 65.0 Å². The number of rotatable bonds is 20. The number of nitrogens with one attached hydrogen (secondary N) is 4. The summed E-state index contributed by atoms with van der Waals surface area (Å²) in [6.45, 7) is 9.89. The number of hydrogen-bond acceptors (Lipinski definition) is 12. The second-order valence-corrected chi connectivity index (χ2v) is 20.0. The minimum absolute atomic E-state index is 0.0193. The molecule has 2 aromatic rings. The van der Waals surface area contributed by atoms with Gasteiger partial charge in [-0.2, -0.15) is 0 Å². The number of aryl methyl sites for hydroxylation is 1. The van der Waals surface area contributed by atoms with E-state index >= 15 is 0 Å². The number of thiazole rings is 1. The SMILES string of the molecule is CC(=O)N1CC[C@H]2CC[C@@H](C(=O)N[C@@H](CCC(N)=O)C(=O)NCCCCCCCC(=O)NC(C(=O)N3C[C@H](O)C[C@H]3C(=O)NCc3ccc(-c4scnc4C)cc3)C(C)(C)C)N2C(=O)[C@@H](N)C1. The first-order valence-electron chi connectivity index (χ1n) is 23.5. The summed E-state index contributed by atoms with van der Waals surface area (Å²) in [7, 11) is 0. The van der Waals surface area contributed by atoms with Gasteiger partial charge >= 0.3 is 0 Å². The second kappa shape index (κ2) is 24.0. The van der Waals surface area contributed by atoms with Crippen molar-refractivity contribution in [3.8, 4) is 10.4 Å². The molecule has 8 amide bonds. The van der Waals surface area contributed by atoms with E-state index in [0.717, 1.165) is 41.0 Å². The summed E-state index contributed by atoms with van der Waals surface area (Å²) < 4.78 is 0. The molecule has 0 spiro atoms. The Hall–Kier alpha value is -5.47. The number of unbranched alkanes of at least 4 members (excludes halogenated alkanes) is 4. The summed E-state index contributed by atoms with van der Waals surface area (Å²) >= 11 is 1.56. The highest BCUT2D eigenvalue weighted by Crippen LogP contribution is 2.31. The lowest BCUT2D eigenvalue weighted by molar-refractivity contribution is -0.144. The number of benzene rings is 1. The van der Waals surface area contributed by atoms with Crippen molar-refractivity contribution < 1.29 is 43.5 Å². The largest absolute Gasteiger partial charge is 0.391 e. The van der Waals surface area contributed by atoms with Crippen molar-refractivity contribution in [2.75, 3.05) is 26.2 Å². The Morgan fingerprint density at radius 2 is 1.60 bits per heavy atom. The molecule has 3 saturated heterocycles. The standard InChI is InChI=1S/C47H70N10O9S/c1-28-40(67-27-52-28)31-14-12-30(13-15-31)24-51-43(63)37-23-33(59)25-56(37)46(66)41(47(3,4)5)54-39(61)11-9-7-6-8-10-21-50-42(62)35(17-19-38(49)60)53-44(64)36-18-16-32-20-22-55(29(2)58)26-34(48)45(65)57(32)36/h12-15,27,32-37,41,59H,6-11,16-26,48H2,1-5H3,(H2,49,60)(H,50,62)(H,51,63)(H,53,64)(H,54,61)/t32-,33-,34+,35+,36+,37+,41?/m1/s1. The van der Waals surface area contributed by atoms with E-state index in [4.69, 9.17) is 11.5 Å². The maximum Gasteiger partial charge on any atom is 0.246 e. The van der Waals surface area contributed by atoms with Gasteiger partial charge in [0.2, 0.25) is 47.3 Å². The molecule has 1 unspecified atom stereocenters. The Labute approximate surface area is 396 Å². The zero-order valence-corrected chi connectivity index (χ0v) is 40.3. The number of carbonyl (C=O) groups excluding carboxylic acids is 8. The van der Waals surface area contributed by atoms with Crippen LogP contribution < -0.4 is 32.7 Å². The van der Waals surface area contributed by atoms with Crippen molar-refractivity contribution in [2.45, 2.75) is 161 Å². The first kappa shape index (κ1) is 52.5. The molecule has 5 rings (SSSR count). The minimum atomic E-state index is -1.06. The zero-order chi connectivity index (χ0) is 49.0. The van der Waals surface area contributed by atoms with E-state index in [1.165, 1.54) is 16.7 Å². The van der Waals surface area contributed by atoms with Crippen LogP contribution in [0.2, 0.25) is 0 Å². The minimum Gasteiger partial charge on any atom is -0.391 e. The number of nitrogens with zero attached hydrogens (tertiary/aromatic N) is 4. The molecule has 7 atom stereocenters. The van der Waals surface area contributed by atoms with Crippen LogP contribution in [0, 0.1) is 12.3 Å². The number of carbonyl (C=O) groups is 8. The van der Waals surface area contributed by atoms with Crippen LogP contribution in [-0.2, 0) is 44.9 Å². The lowest BCUT2D eigenvalue weighted by atomic mass is 9.85. The average molecular weight is 951 g/mol. The molecule has 9 N–H and O–H groups in total. The van der Waals surface area contributed by atoms with Gasteiger partial charge in [-0.05, 0) is 62.0 Å². The maximum absolute atomic E-state index is 14.0. The average Bonchev–Trinajstić information content (AvgIpc) is 4.02. The molecule has 67 heavy (non-hydrogen) atoms. The van der Waals surface area contributed by atoms with E-state index in [-0.39, 0.29) is 69.1 Å². The van der Waals surface area contributed by atoms with E-state index in [1.807, 2.05) is 52.0 Å². The molecule has 3 aliphatic rings. The van der Waals surface area contributed by atoms with E-state index in [2.05, 4.69) is 26.3 Å². The smallest absolute Gasteiger partial charge is 0.246 e. The van der Waals surface area contributed by atoms with E-state index in [1.54, 1.807) is 21.7 Å². The highest BCUT2D eigenvalue weighted by molar-refractivity contribution is 7.13. The molecule has 0 aliphatic carbocycles. The Bertz CT molecular complexity index is 2090. The van der Waals surface area contributed by atoms with Gasteiger partial charge in [-0.1, -0.05) is 64.3 Å². The predicted octanol–water partition coefficient (Wildman–Crippen LogP) is 1.37. The number of likely N-dealkylation sites (tertiary alicyclic amines) is 1. The summed E-state index contributed by atoms with van der Waals surface area (Å²) in [5.74, 6) is -3.32. The fourth-order valence-corrected chi connectivity index (χ4v) is 9.87. The quantitative estimate of drug-likeness (QED) is 0.0932. The van der Waals surface area contributed by atoms with Gasteiger partial charge in [0.15, 0.2) is 0 Å². The highest BCUT2D eigenvalue weighted by atomic mass is 32.1. The van der Waals surface area contributed by atoms with Crippen LogP contribution in [0.25, 0.3) is 10.4 Å².